The third-order valence-corrected chi connectivity index (χ3v) is 1.90. The molecule has 0 saturated heterocycles. The second-order valence-corrected chi connectivity index (χ2v) is 3.11. The van der Waals surface area contributed by atoms with Gasteiger partial charge in [0, 0.05) is 14.2 Å². The van der Waals surface area contributed by atoms with Crippen molar-refractivity contribution in [2.24, 2.45) is 0 Å². The number of methoxy groups -OCH3 is 2. The van der Waals surface area contributed by atoms with E-state index in [0.717, 1.165) is 0 Å². The molecule has 1 aromatic rings. The average Bonchev–Trinajstić information content (AvgIpc) is 2.67. The van der Waals surface area contributed by atoms with Gasteiger partial charge in [-0.2, -0.15) is 0 Å². The summed E-state index contributed by atoms with van der Waals surface area (Å²) < 4.78 is 15.3. The number of ether oxygens (including phenoxy) is 2. The minimum atomic E-state index is -0.586. The molecule has 0 unspecified atom stereocenters. The van der Waals surface area contributed by atoms with Crippen LogP contribution in [0, 0.1) is 0 Å². The highest BCUT2D eigenvalue weighted by Crippen LogP contribution is 2.21. The molecule has 0 saturated carbocycles. The zero-order chi connectivity index (χ0) is 11.4. The summed E-state index contributed by atoms with van der Waals surface area (Å²) in [5.41, 5.74) is 0.433. The lowest BCUT2D eigenvalue weighted by atomic mass is 10.2. The van der Waals surface area contributed by atoms with Crippen LogP contribution in [0.1, 0.15) is 29.5 Å². The summed E-state index contributed by atoms with van der Waals surface area (Å²) in [6.45, 7) is 5.19. The third kappa shape index (κ3) is 2.55. The molecule has 0 amide bonds. The van der Waals surface area contributed by atoms with E-state index in [2.05, 4.69) is 6.58 Å². The molecule has 0 aliphatic carbocycles. The van der Waals surface area contributed by atoms with Gasteiger partial charge in [0.25, 0.3) is 0 Å². The minimum Gasteiger partial charge on any atom is -0.452 e. The molecule has 0 bridgehead atoms. The lowest BCUT2D eigenvalue weighted by molar-refractivity contribution is -0.117. The zero-order valence-electron chi connectivity index (χ0n) is 9.07. The van der Waals surface area contributed by atoms with E-state index in [0.29, 0.717) is 11.3 Å². The van der Waals surface area contributed by atoms with E-state index >= 15 is 0 Å². The van der Waals surface area contributed by atoms with Crippen LogP contribution in [0.2, 0.25) is 0 Å². The Kier molecular flexibility index (Phi) is 3.82. The molecular formula is C11H14O4. The third-order valence-electron chi connectivity index (χ3n) is 1.90. The highest BCUT2D eigenvalue weighted by Gasteiger charge is 2.17. The Morgan fingerprint density at radius 2 is 2.00 bits per heavy atom. The number of Topliss-reactive ketones (excluding diaryl/α,β-unsaturated/α-hetero) is 1. The summed E-state index contributed by atoms with van der Waals surface area (Å²) in [6, 6.07) is 3.23. The van der Waals surface area contributed by atoms with Crippen LogP contribution in [0.4, 0.5) is 0 Å². The van der Waals surface area contributed by atoms with Crippen molar-refractivity contribution in [2.75, 3.05) is 14.2 Å². The quantitative estimate of drug-likeness (QED) is 0.425. The molecule has 82 valence electrons. The Morgan fingerprint density at radius 3 is 2.47 bits per heavy atom. The fourth-order valence-electron chi connectivity index (χ4n) is 1.14. The summed E-state index contributed by atoms with van der Waals surface area (Å²) in [5, 5.41) is 0. The number of carbonyl (C=O) groups is 1. The van der Waals surface area contributed by atoms with Crippen molar-refractivity contribution in [1.82, 2.24) is 0 Å². The molecule has 0 aromatic carbocycles. The Morgan fingerprint density at radius 1 is 1.40 bits per heavy atom. The van der Waals surface area contributed by atoms with E-state index < -0.39 is 6.29 Å². The van der Waals surface area contributed by atoms with Gasteiger partial charge < -0.3 is 13.9 Å². The van der Waals surface area contributed by atoms with E-state index in [9.17, 15) is 4.79 Å². The van der Waals surface area contributed by atoms with Crippen molar-refractivity contribution in [2.45, 2.75) is 13.2 Å². The van der Waals surface area contributed by atoms with Crippen molar-refractivity contribution in [1.29, 1.82) is 0 Å². The van der Waals surface area contributed by atoms with Crippen LogP contribution >= 0.6 is 0 Å². The number of allylic oxidation sites excluding steroid dienone is 1. The second kappa shape index (κ2) is 4.91. The maximum atomic E-state index is 11.5. The zero-order valence-corrected chi connectivity index (χ0v) is 9.07. The van der Waals surface area contributed by atoms with E-state index in [1.165, 1.54) is 14.2 Å². The molecule has 0 aliphatic heterocycles. The largest absolute Gasteiger partial charge is 0.452 e. The summed E-state index contributed by atoms with van der Waals surface area (Å²) in [5.74, 6) is 0.494. The topological polar surface area (TPSA) is 48.7 Å². The van der Waals surface area contributed by atoms with Crippen molar-refractivity contribution in [3.8, 4) is 0 Å². The Balaban J connectivity index is 2.89. The first-order chi connectivity index (χ1) is 7.10. The van der Waals surface area contributed by atoms with Gasteiger partial charge in [0.1, 0.15) is 0 Å². The molecule has 0 atom stereocenters. The highest BCUT2D eigenvalue weighted by atomic mass is 16.7. The minimum absolute atomic E-state index is 0.216. The van der Waals surface area contributed by atoms with Gasteiger partial charge in [-0.25, -0.2) is 0 Å². The summed E-state index contributed by atoms with van der Waals surface area (Å²) in [7, 11) is 2.99. The van der Waals surface area contributed by atoms with Crippen LogP contribution in [-0.4, -0.2) is 20.0 Å². The monoisotopic (exact) mass is 210 g/mol. The molecule has 1 aromatic heterocycles. The molecule has 4 heteroatoms. The lowest BCUT2D eigenvalue weighted by Crippen LogP contribution is -2.02. The normalized spacial score (nSPS) is 10.7. The van der Waals surface area contributed by atoms with Crippen LogP contribution < -0.4 is 0 Å². The fourth-order valence-corrected chi connectivity index (χ4v) is 1.14. The number of hydrogen-bond donors (Lipinski definition) is 0. The molecule has 0 spiro atoms. The molecule has 0 aliphatic rings. The number of hydrogen-bond acceptors (Lipinski definition) is 4. The average molecular weight is 210 g/mol. The van der Waals surface area contributed by atoms with Crippen molar-refractivity contribution in [3.63, 3.8) is 0 Å². The number of furan rings is 1. The van der Waals surface area contributed by atoms with E-state index in [1.807, 2.05) is 0 Å². The molecule has 1 rings (SSSR count). The highest BCUT2D eigenvalue weighted by molar-refractivity contribution is 6.05. The molecule has 4 nitrogen and oxygen atoms in total. The smallest absolute Gasteiger partial charge is 0.223 e. The lowest BCUT2D eigenvalue weighted by Gasteiger charge is -2.09. The predicted molar refractivity (Wildman–Crippen MR) is 54.6 cm³/mol. The van der Waals surface area contributed by atoms with Crippen molar-refractivity contribution < 1.29 is 18.7 Å². The second-order valence-electron chi connectivity index (χ2n) is 3.11. The number of carbonyl (C=O) groups excluding carboxylic acids is 1. The van der Waals surface area contributed by atoms with Gasteiger partial charge >= 0.3 is 0 Å². The summed E-state index contributed by atoms with van der Waals surface area (Å²) in [4.78, 5) is 11.5. The first-order valence-corrected chi connectivity index (χ1v) is 4.45. The first kappa shape index (κ1) is 11.7. The van der Waals surface area contributed by atoms with Gasteiger partial charge in [-0.15, -0.1) is 0 Å². The predicted octanol–water partition coefficient (Wildman–Crippen LogP) is 2.33. The van der Waals surface area contributed by atoms with Gasteiger partial charge in [0.05, 0.1) is 0 Å². The molecular weight excluding hydrogens is 196 g/mol. The SMILES string of the molecule is C=C(C)C(=O)c1ccc(C(OC)OC)o1. The summed E-state index contributed by atoms with van der Waals surface area (Å²) in [6.07, 6.45) is -0.586. The Labute approximate surface area is 88.5 Å². The van der Waals surface area contributed by atoms with Gasteiger partial charge in [0.2, 0.25) is 12.1 Å². The Hall–Kier alpha value is -1.39. The van der Waals surface area contributed by atoms with Crippen LogP contribution in [0.15, 0.2) is 28.7 Å². The Bertz CT molecular complexity index is 360. The standard InChI is InChI=1S/C11H14O4/c1-7(2)10(12)8-5-6-9(15-8)11(13-3)14-4/h5-6,11H,1H2,2-4H3. The van der Waals surface area contributed by atoms with Crippen LogP contribution in [0.25, 0.3) is 0 Å². The van der Waals surface area contributed by atoms with Crippen LogP contribution in [-0.2, 0) is 9.47 Å². The molecule has 1 heterocycles. The fraction of sp³-hybridized carbons (Fsp3) is 0.364. The van der Waals surface area contributed by atoms with Crippen LogP contribution in [0.5, 0.6) is 0 Å². The first-order valence-electron chi connectivity index (χ1n) is 4.45. The van der Waals surface area contributed by atoms with Crippen LogP contribution in [0.3, 0.4) is 0 Å². The number of rotatable bonds is 5. The van der Waals surface area contributed by atoms with Gasteiger partial charge in [-0.1, -0.05) is 6.58 Å². The molecule has 0 N–H and O–H groups in total. The van der Waals surface area contributed by atoms with E-state index in [1.54, 1.807) is 19.1 Å². The van der Waals surface area contributed by atoms with Gasteiger partial charge in [0.15, 0.2) is 11.5 Å². The summed E-state index contributed by atoms with van der Waals surface area (Å²) >= 11 is 0. The molecule has 0 radical (unpaired) electrons. The maximum Gasteiger partial charge on any atom is 0.223 e. The molecule has 15 heavy (non-hydrogen) atoms. The maximum absolute atomic E-state index is 11.5. The van der Waals surface area contributed by atoms with Gasteiger partial charge in [-0.05, 0) is 24.6 Å². The van der Waals surface area contributed by atoms with Gasteiger partial charge in [-0.3, -0.25) is 4.79 Å². The number of ketones is 1. The molecule has 0 fully saturated rings. The van der Waals surface area contributed by atoms with Crippen molar-refractivity contribution in [3.05, 3.63) is 35.8 Å². The van der Waals surface area contributed by atoms with E-state index in [4.69, 9.17) is 13.9 Å². The van der Waals surface area contributed by atoms with Crippen molar-refractivity contribution >= 4 is 5.78 Å². The van der Waals surface area contributed by atoms with E-state index in [-0.39, 0.29) is 11.5 Å².